The van der Waals surface area contributed by atoms with Crippen LogP contribution < -0.4 is 19.5 Å². The molecule has 0 saturated carbocycles. The second-order valence-corrected chi connectivity index (χ2v) is 9.89. The number of dihydropyridines is 1. The van der Waals surface area contributed by atoms with Gasteiger partial charge in [0.05, 0.1) is 43.9 Å². The molecule has 0 bridgehead atoms. The molecule has 2 aromatic carbocycles. The minimum absolute atomic E-state index is 0.0371. The highest BCUT2D eigenvalue weighted by Gasteiger charge is 2.38. The highest BCUT2D eigenvalue weighted by atomic mass is 35.5. The number of Topliss-reactive ketones (excluding diaryl/α,β-unsaturated/α-hetero) is 1. The number of allylic oxidation sites excluding steroid dienone is 3. The molecule has 6 nitrogen and oxygen atoms in total. The Balaban J connectivity index is 1.82. The number of carbonyl (C=O) groups excluding carboxylic acids is 1. The van der Waals surface area contributed by atoms with Gasteiger partial charge in [-0.15, -0.1) is 11.8 Å². The number of ether oxygens (including phenoxy) is 3. The van der Waals surface area contributed by atoms with Gasteiger partial charge in [-0.25, -0.2) is 0 Å². The van der Waals surface area contributed by atoms with Crippen molar-refractivity contribution in [2.75, 3.05) is 21.3 Å². The number of nitrogens with zero attached hydrogens (tertiary/aromatic N) is 1. The van der Waals surface area contributed by atoms with E-state index < -0.39 is 5.92 Å². The van der Waals surface area contributed by atoms with Crippen molar-refractivity contribution in [2.24, 2.45) is 0 Å². The summed E-state index contributed by atoms with van der Waals surface area (Å²) >= 11 is 13.9. The number of nitriles is 1. The second kappa shape index (κ2) is 10.9. The maximum Gasteiger partial charge on any atom is 0.203 e. The smallest absolute Gasteiger partial charge is 0.203 e. The minimum Gasteiger partial charge on any atom is -0.493 e. The summed E-state index contributed by atoms with van der Waals surface area (Å²) in [6, 6.07) is 11.3. The van der Waals surface area contributed by atoms with E-state index in [2.05, 4.69) is 11.4 Å². The van der Waals surface area contributed by atoms with Gasteiger partial charge in [-0.2, -0.15) is 5.26 Å². The van der Waals surface area contributed by atoms with Crippen molar-refractivity contribution >= 4 is 40.7 Å². The van der Waals surface area contributed by atoms with Gasteiger partial charge in [0.2, 0.25) is 5.75 Å². The van der Waals surface area contributed by atoms with Crippen molar-refractivity contribution in [1.29, 1.82) is 5.26 Å². The maximum absolute atomic E-state index is 13.1. The predicted molar refractivity (Wildman–Crippen MR) is 138 cm³/mol. The third-order valence-corrected chi connectivity index (χ3v) is 7.72. The van der Waals surface area contributed by atoms with Crippen LogP contribution >= 0.6 is 35.0 Å². The highest BCUT2D eigenvalue weighted by Crippen LogP contribution is 2.48. The van der Waals surface area contributed by atoms with Crippen molar-refractivity contribution in [3.63, 3.8) is 0 Å². The molecule has 0 aromatic heterocycles. The van der Waals surface area contributed by atoms with E-state index in [-0.39, 0.29) is 5.78 Å². The molecule has 35 heavy (non-hydrogen) atoms. The van der Waals surface area contributed by atoms with Crippen LogP contribution in [-0.2, 0) is 10.5 Å². The van der Waals surface area contributed by atoms with Gasteiger partial charge in [0.15, 0.2) is 17.3 Å². The van der Waals surface area contributed by atoms with Gasteiger partial charge in [-0.05, 0) is 48.2 Å². The van der Waals surface area contributed by atoms with E-state index in [0.717, 1.165) is 29.7 Å². The summed E-state index contributed by atoms with van der Waals surface area (Å²) in [5.41, 5.74) is 3.56. The molecule has 2 aliphatic rings. The van der Waals surface area contributed by atoms with Crippen LogP contribution in [0.1, 0.15) is 36.3 Å². The topological polar surface area (TPSA) is 80.6 Å². The van der Waals surface area contributed by atoms with Crippen LogP contribution in [0.5, 0.6) is 17.2 Å². The molecule has 1 aliphatic heterocycles. The summed E-state index contributed by atoms with van der Waals surface area (Å²) in [6.45, 7) is 0. The first-order chi connectivity index (χ1) is 16.9. The zero-order valence-corrected chi connectivity index (χ0v) is 21.9. The SMILES string of the molecule is COc1cc([C@@H]2C(C#N)=C(SCc3ccc(Cl)cc3Cl)NC3=C2C(=O)CCC3)cc(OC)c1OC. The Hall–Kier alpha value is -2.79. The number of rotatable bonds is 7. The molecule has 1 aliphatic carbocycles. The van der Waals surface area contributed by atoms with E-state index in [1.165, 1.54) is 33.1 Å². The van der Waals surface area contributed by atoms with Gasteiger partial charge in [0, 0.05) is 33.5 Å². The molecule has 4 rings (SSSR count). The Kier molecular flexibility index (Phi) is 7.85. The van der Waals surface area contributed by atoms with Gasteiger partial charge in [0.1, 0.15) is 0 Å². The van der Waals surface area contributed by atoms with Crippen molar-refractivity contribution < 1.29 is 19.0 Å². The van der Waals surface area contributed by atoms with Crippen LogP contribution in [0, 0.1) is 11.3 Å². The molecule has 2 aromatic rings. The van der Waals surface area contributed by atoms with Gasteiger partial charge >= 0.3 is 0 Å². The first-order valence-corrected chi connectivity index (χ1v) is 12.7. The third kappa shape index (κ3) is 4.97. The number of hydrogen-bond acceptors (Lipinski definition) is 7. The summed E-state index contributed by atoms with van der Waals surface area (Å²) in [4.78, 5) is 13.1. The lowest BCUT2D eigenvalue weighted by molar-refractivity contribution is -0.116. The third-order valence-electron chi connectivity index (χ3n) is 6.07. The summed E-state index contributed by atoms with van der Waals surface area (Å²) in [7, 11) is 4.61. The second-order valence-electron chi connectivity index (χ2n) is 8.06. The number of benzene rings is 2. The van der Waals surface area contributed by atoms with Gasteiger partial charge in [0.25, 0.3) is 0 Å². The van der Waals surface area contributed by atoms with Crippen molar-refractivity contribution in [3.05, 3.63) is 73.4 Å². The van der Waals surface area contributed by atoms with Gasteiger partial charge in [-0.1, -0.05) is 29.3 Å². The Labute approximate surface area is 218 Å². The quantitative estimate of drug-likeness (QED) is 0.444. The van der Waals surface area contributed by atoms with Gasteiger partial charge in [-0.3, -0.25) is 4.79 Å². The van der Waals surface area contributed by atoms with Crippen LogP contribution in [0.3, 0.4) is 0 Å². The number of carbonyl (C=O) groups is 1. The molecule has 0 fully saturated rings. The number of nitrogens with one attached hydrogen (secondary N) is 1. The van der Waals surface area contributed by atoms with Crippen LogP contribution in [0.15, 0.2) is 52.2 Å². The zero-order valence-electron chi connectivity index (χ0n) is 19.5. The maximum atomic E-state index is 13.1. The molecular formula is C26H24Cl2N2O4S. The summed E-state index contributed by atoms with van der Waals surface area (Å²) in [6.07, 6.45) is 1.94. The molecule has 0 radical (unpaired) electrons. The number of thioether (sulfide) groups is 1. The average Bonchev–Trinajstić information content (AvgIpc) is 2.86. The average molecular weight is 531 g/mol. The highest BCUT2D eigenvalue weighted by molar-refractivity contribution is 8.02. The Morgan fingerprint density at radius 2 is 1.80 bits per heavy atom. The Bertz CT molecular complexity index is 1260. The van der Waals surface area contributed by atoms with Crippen molar-refractivity contribution in [2.45, 2.75) is 30.9 Å². The lowest BCUT2D eigenvalue weighted by Crippen LogP contribution is -2.31. The molecular weight excluding hydrogens is 507 g/mol. The molecule has 182 valence electrons. The molecule has 0 saturated heterocycles. The monoisotopic (exact) mass is 530 g/mol. The number of ketones is 1. The summed E-state index contributed by atoms with van der Waals surface area (Å²) in [5, 5.41) is 15.5. The molecule has 1 N–H and O–H groups in total. The van der Waals surface area contributed by atoms with E-state index in [0.29, 0.717) is 55.6 Å². The van der Waals surface area contributed by atoms with Gasteiger partial charge < -0.3 is 19.5 Å². The normalized spacial score (nSPS) is 17.5. The van der Waals surface area contributed by atoms with E-state index in [4.69, 9.17) is 37.4 Å². The zero-order chi connectivity index (χ0) is 25.1. The lowest BCUT2D eigenvalue weighted by atomic mass is 9.76. The lowest BCUT2D eigenvalue weighted by Gasteiger charge is -2.33. The molecule has 1 atom stereocenters. The van der Waals surface area contributed by atoms with Crippen molar-refractivity contribution in [1.82, 2.24) is 5.32 Å². The number of methoxy groups -OCH3 is 3. The van der Waals surface area contributed by atoms with Crippen LogP contribution in [0.2, 0.25) is 10.0 Å². The molecule has 1 heterocycles. The summed E-state index contributed by atoms with van der Waals surface area (Å²) in [5.74, 6) is 1.39. The van der Waals surface area contributed by atoms with E-state index in [9.17, 15) is 10.1 Å². The predicted octanol–water partition coefficient (Wildman–Crippen LogP) is 6.38. The fraction of sp³-hybridized carbons (Fsp3) is 0.308. The summed E-state index contributed by atoms with van der Waals surface area (Å²) < 4.78 is 16.6. The fourth-order valence-corrected chi connectivity index (χ4v) is 6.05. The minimum atomic E-state index is -0.555. The van der Waals surface area contributed by atoms with E-state index >= 15 is 0 Å². The van der Waals surface area contributed by atoms with E-state index in [1.807, 2.05) is 6.07 Å². The largest absolute Gasteiger partial charge is 0.493 e. The Morgan fingerprint density at radius 1 is 1.09 bits per heavy atom. The molecule has 0 spiro atoms. The number of halogens is 2. The first-order valence-electron chi connectivity index (χ1n) is 11.0. The van der Waals surface area contributed by atoms with Crippen LogP contribution in [0.25, 0.3) is 0 Å². The number of hydrogen-bond donors (Lipinski definition) is 1. The molecule has 9 heteroatoms. The van der Waals surface area contributed by atoms with E-state index in [1.54, 1.807) is 24.3 Å². The van der Waals surface area contributed by atoms with Crippen LogP contribution in [-0.4, -0.2) is 27.1 Å². The first kappa shape index (κ1) is 25.3. The van der Waals surface area contributed by atoms with Crippen molar-refractivity contribution in [3.8, 4) is 23.3 Å². The Morgan fingerprint density at radius 3 is 2.40 bits per heavy atom. The molecule has 0 amide bonds. The fourth-order valence-electron chi connectivity index (χ4n) is 4.43. The molecule has 0 unspecified atom stereocenters. The van der Waals surface area contributed by atoms with Crippen LogP contribution in [0.4, 0.5) is 0 Å². The standard InChI is InChI=1S/C26H24Cl2N2O4S/c1-32-21-9-15(10-22(33-2)25(21)34-3)23-17(12-29)26(30-19-5-4-6-20(31)24(19)23)35-13-14-7-8-16(27)11-18(14)28/h7-11,23,30H,4-6,13H2,1-3H3/t23-/m1/s1.